The smallest absolute Gasteiger partial charge is 0.407 e. The lowest BCUT2D eigenvalue weighted by molar-refractivity contribution is -0.138. The molecule has 5 heteroatoms. The number of carbonyl (C=O) groups is 2. The highest BCUT2D eigenvalue weighted by Gasteiger charge is 2.46. The van der Waals surface area contributed by atoms with Crippen LogP contribution in [-0.4, -0.2) is 29.8 Å². The third-order valence-electron chi connectivity index (χ3n) is 2.48. The third-order valence-corrected chi connectivity index (χ3v) is 2.48. The largest absolute Gasteiger partial charge is 0.481 e. The molecule has 1 aliphatic carbocycles. The second-order valence-electron chi connectivity index (χ2n) is 3.66. The van der Waals surface area contributed by atoms with Gasteiger partial charge >= 0.3 is 12.1 Å². The third kappa shape index (κ3) is 3.27. The Morgan fingerprint density at radius 3 is 2.87 bits per heavy atom. The maximum Gasteiger partial charge on any atom is 0.407 e. The highest BCUT2D eigenvalue weighted by Crippen LogP contribution is 2.41. The summed E-state index contributed by atoms with van der Waals surface area (Å²) in [5, 5.41) is 11.3. The van der Waals surface area contributed by atoms with Gasteiger partial charge in [0.1, 0.15) is 6.61 Å². The first-order chi connectivity index (χ1) is 7.06. The van der Waals surface area contributed by atoms with Crippen LogP contribution in [0.15, 0.2) is 12.7 Å². The van der Waals surface area contributed by atoms with Crippen LogP contribution in [0, 0.1) is 11.8 Å². The van der Waals surface area contributed by atoms with Crippen molar-refractivity contribution in [2.75, 3.05) is 6.61 Å². The van der Waals surface area contributed by atoms with Crippen LogP contribution in [0.1, 0.15) is 13.3 Å². The first-order valence-electron chi connectivity index (χ1n) is 4.83. The van der Waals surface area contributed by atoms with Crippen molar-refractivity contribution in [1.29, 1.82) is 0 Å². The summed E-state index contributed by atoms with van der Waals surface area (Å²) in [6, 6.07) is -0.164. The molecule has 0 radical (unpaired) electrons. The summed E-state index contributed by atoms with van der Waals surface area (Å²) >= 11 is 0. The van der Waals surface area contributed by atoms with Crippen molar-refractivity contribution >= 4 is 12.1 Å². The summed E-state index contributed by atoms with van der Waals surface area (Å²) in [6.45, 7) is 5.35. The lowest BCUT2D eigenvalue weighted by Crippen LogP contribution is -2.35. The Morgan fingerprint density at radius 2 is 2.40 bits per heavy atom. The van der Waals surface area contributed by atoms with Crippen LogP contribution in [0.2, 0.25) is 0 Å². The number of hydrogen-bond donors (Lipinski definition) is 2. The standard InChI is InChI=1S/C10H15NO4/c1-3-4-15-10(14)11-6(2)7-5-8(7)9(12)13/h3,6-8H,1,4-5H2,2H3,(H,11,14)(H,12,13)/t6?,7-,8+/m0/s1. The second-order valence-corrected chi connectivity index (χ2v) is 3.66. The van der Waals surface area contributed by atoms with Gasteiger partial charge in [-0.25, -0.2) is 4.79 Å². The number of alkyl carbamates (subject to hydrolysis) is 1. The van der Waals surface area contributed by atoms with Crippen molar-refractivity contribution in [2.45, 2.75) is 19.4 Å². The minimum absolute atomic E-state index is 0.0266. The summed E-state index contributed by atoms with van der Waals surface area (Å²) in [5.74, 6) is -1.09. The number of rotatable bonds is 5. The minimum Gasteiger partial charge on any atom is -0.481 e. The number of hydrogen-bond acceptors (Lipinski definition) is 3. The van der Waals surface area contributed by atoms with Crippen molar-refractivity contribution in [2.24, 2.45) is 11.8 Å². The Hall–Kier alpha value is -1.52. The molecule has 1 saturated carbocycles. The van der Waals surface area contributed by atoms with Gasteiger partial charge in [-0.1, -0.05) is 12.7 Å². The van der Waals surface area contributed by atoms with Crippen molar-refractivity contribution in [3.05, 3.63) is 12.7 Å². The van der Waals surface area contributed by atoms with Crippen LogP contribution >= 0.6 is 0 Å². The molecule has 0 aromatic rings. The van der Waals surface area contributed by atoms with Gasteiger partial charge in [0.15, 0.2) is 0 Å². The monoisotopic (exact) mass is 213 g/mol. The molecule has 0 heterocycles. The van der Waals surface area contributed by atoms with Crippen molar-refractivity contribution in [3.63, 3.8) is 0 Å². The molecule has 5 nitrogen and oxygen atoms in total. The van der Waals surface area contributed by atoms with Crippen LogP contribution in [-0.2, 0) is 9.53 Å². The van der Waals surface area contributed by atoms with Crippen molar-refractivity contribution in [1.82, 2.24) is 5.32 Å². The van der Waals surface area contributed by atoms with Crippen molar-refractivity contribution < 1.29 is 19.4 Å². The van der Waals surface area contributed by atoms with Crippen LogP contribution < -0.4 is 5.32 Å². The summed E-state index contributed by atoms with van der Waals surface area (Å²) < 4.78 is 4.72. The topological polar surface area (TPSA) is 75.6 Å². The normalized spacial score (nSPS) is 25.1. The summed E-state index contributed by atoms with van der Waals surface area (Å²) in [5.41, 5.74) is 0. The average Bonchev–Trinajstić information content (AvgIpc) is 2.93. The molecular weight excluding hydrogens is 198 g/mol. The van der Waals surface area contributed by atoms with E-state index in [1.165, 1.54) is 6.08 Å². The van der Waals surface area contributed by atoms with Crippen LogP contribution in [0.5, 0.6) is 0 Å². The van der Waals surface area contributed by atoms with Gasteiger partial charge in [-0.3, -0.25) is 4.79 Å². The molecule has 1 unspecified atom stereocenters. The molecule has 1 aliphatic rings. The maximum absolute atomic E-state index is 11.1. The molecule has 0 aliphatic heterocycles. The Labute approximate surface area is 88.1 Å². The van der Waals surface area contributed by atoms with E-state index in [-0.39, 0.29) is 24.5 Å². The van der Waals surface area contributed by atoms with Crippen LogP contribution in [0.3, 0.4) is 0 Å². The van der Waals surface area contributed by atoms with E-state index in [0.29, 0.717) is 6.42 Å². The molecule has 3 atom stereocenters. The van der Waals surface area contributed by atoms with Crippen LogP contribution in [0.4, 0.5) is 4.79 Å². The fourth-order valence-corrected chi connectivity index (χ4v) is 1.52. The van der Waals surface area contributed by atoms with Gasteiger partial charge in [0.25, 0.3) is 0 Å². The molecule has 0 spiro atoms. The quantitative estimate of drug-likeness (QED) is 0.668. The SMILES string of the molecule is C=CCOC(=O)NC(C)[C@@H]1C[C@H]1C(=O)O. The van der Waals surface area contributed by atoms with Crippen LogP contribution in [0.25, 0.3) is 0 Å². The summed E-state index contributed by atoms with van der Waals surface area (Å²) in [4.78, 5) is 21.7. The van der Waals surface area contributed by atoms with E-state index in [1.54, 1.807) is 6.92 Å². The molecule has 2 N–H and O–H groups in total. The molecule has 1 fully saturated rings. The number of carboxylic acid groups (broad SMARTS) is 1. The average molecular weight is 213 g/mol. The number of ether oxygens (including phenoxy) is 1. The Kier molecular flexibility index (Phi) is 3.71. The van der Waals surface area contributed by atoms with E-state index in [4.69, 9.17) is 9.84 Å². The second kappa shape index (κ2) is 4.82. The number of nitrogens with one attached hydrogen (secondary N) is 1. The Balaban J connectivity index is 2.25. The Morgan fingerprint density at radius 1 is 1.73 bits per heavy atom. The first-order valence-corrected chi connectivity index (χ1v) is 4.83. The molecule has 0 aromatic carbocycles. The van der Waals surface area contributed by atoms with E-state index < -0.39 is 12.1 Å². The summed E-state index contributed by atoms with van der Waals surface area (Å²) in [7, 11) is 0. The number of carboxylic acids is 1. The highest BCUT2D eigenvalue weighted by atomic mass is 16.5. The lowest BCUT2D eigenvalue weighted by Gasteiger charge is -2.12. The van der Waals surface area contributed by atoms with Gasteiger partial charge in [-0.2, -0.15) is 0 Å². The molecule has 1 amide bonds. The maximum atomic E-state index is 11.1. The van der Waals surface area contributed by atoms with E-state index in [2.05, 4.69) is 11.9 Å². The molecule has 0 bridgehead atoms. The fourth-order valence-electron chi connectivity index (χ4n) is 1.52. The van der Waals surface area contributed by atoms with Gasteiger partial charge in [-0.05, 0) is 19.3 Å². The van der Waals surface area contributed by atoms with Gasteiger partial charge in [-0.15, -0.1) is 0 Å². The Bertz CT molecular complexity index is 277. The zero-order chi connectivity index (χ0) is 11.4. The van der Waals surface area contributed by atoms with Gasteiger partial charge < -0.3 is 15.2 Å². The molecule has 84 valence electrons. The number of aliphatic carboxylic acids is 1. The van der Waals surface area contributed by atoms with E-state index in [1.807, 2.05) is 0 Å². The van der Waals surface area contributed by atoms with E-state index in [9.17, 15) is 9.59 Å². The molecule has 0 saturated heterocycles. The predicted octanol–water partition coefficient (Wildman–Crippen LogP) is 1.01. The van der Waals surface area contributed by atoms with Gasteiger partial charge in [0, 0.05) is 6.04 Å². The molecule has 15 heavy (non-hydrogen) atoms. The zero-order valence-corrected chi connectivity index (χ0v) is 8.60. The van der Waals surface area contributed by atoms with E-state index in [0.717, 1.165) is 0 Å². The lowest BCUT2D eigenvalue weighted by atomic mass is 10.2. The highest BCUT2D eigenvalue weighted by molar-refractivity contribution is 5.74. The van der Waals surface area contributed by atoms with E-state index >= 15 is 0 Å². The van der Waals surface area contributed by atoms with Gasteiger partial charge in [0.05, 0.1) is 5.92 Å². The summed E-state index contributed by atoms with van der Waals surface area (Å²) in [6.07, 6.45) is 1.57. The molecule has 0 aromatic heterocycles. The zero-order valence-electron chi connectivity index (χ0n) is 8.60. The minimum atomic E-state index is -0.798. The van der Waals surface area contributed by atoms with Crippen molar-refractivity contribution in [3.8, 4) is 0 Å². The fraction of sp³-hybridized carbons (Fsp3) is 0.600. The number of carbonyl (C=O) groups excluding carboxylic acids is 1. The van der Waals surface area contributed by atoms with Gasteiger partial charge in [0.2, 0.25) is 0 Å². The predicted molar refractivity (Wildman–Crippen MR) is 53.4 cm³/mol. The first kappa shape index (κ1) is 11.6. The molecular formula is C10H15NO4. The number of amides is 1. The molecule has 1 rings (SSSR count).